The van der Waals surface area contributed by atoms with E-state index in [1.807, 2.05) is 6.20 Å². The molecule has 0 spiro atoms. The third kappa shape index (κ3) is 1.50. The Morgan fingerprint density at radius 1 is 1.00 bits per heavy atom. The maximum Gasteiger partial charge on any atom is 0.101 e. The number of nitrogens with zero attached hydrogens (tertiary/aromatic N) is 2. The molecule has 4 aliphatic carbocycles. The van der Waals surface area contributed by atoms with Gasteiger partial charge >= 0.3 is 0 Å². The van der Waals surface area contributed by atoms with E-state index in [-0.39, 0.29) is 0 Å². The summed E-state index contributed by atoms with van der Waals surface area (Å²) in [6, 6.07) is 4.31. The Hall–Kier alpha value is -1.36. The standard InChI is InChI=1S/C16H18N2/c17-7-12-6-15(9-18-8-12)16-13-2-10-1-11(4-13)5-14(16)3-10/h6,8-11,13-14,16H,1-5H2. The summed E-state index contributed by atoms with van der Waals surface area (Å²) in [6.45, 7) is 0. The molecular weight excluding hydrogens is 220 g/mol. The smallest absolute Gasteiger partial charge is 0.101 e. The predicted molar refractivity (Wildman–Crippen MR) is 68.7 cm³/mol. The summed E-state index contributed by atoms with van der Waals surface area (Å²) in [5.41, 5.74) is 2.06. The number of rotatable bonds is 1. The van der Waals surface area contributed by atoms with Crippen molar-refractivity contribution in [1.82, 2.24) is 4.98 Å². The van der Waals surface area contributed by atoms with Crippen LogP contribution in [-0.4, -0.2) is 4.98 Å². The number of hydrogen-bond acceptors (Lipinski definition) is 2. The zero-order valence-electron chi connectivity index (χ0n) is 10.5. The Morgan fingerprint density at radius 3 is 2.28 bits per heavy atom. The van der Waals surface area contributed by atoms with Crippen LogP contribution >= 0.6 is 0 Å². The molecule has 1 aromatic heterocycles. The minimum absolute atomic E-state index is 0.693. The van der Waals surface area contributed by atoms with Crippen LogP contribution in [-0.2, 0) is 0 Å². The Morgan fingerprint density at radius 2 is 1.67 bits per heavy atom. The van der Waals surface area contributed by atoms with Crippen LogP contribution in [0.15, 0.2) is 18.5 Å². The molecule has 0 amide bonds. The van der Waals surface area contributed by atoms with Crippen molar-refractivity contribution in [3.63, 3.8) is 0 Å². The Kier molecular flexibility index (Phi) is 2.24. The van der Waals surface area contributed by atoms with Crippen LogP contribution in [0.25, 0.3) is 0 Å². The Balaban J connectivity index is 1.70. The number of nitriles is 1. The van der Waals surface area contributed by atoms with Gasteiger partial charge in [0.1, 0.15) is 6.07 Å². The van der Waals surface area contributed by atoms with Gasteiger partial charge in [0, 0.05) is 12.4 Å². The SMILES string of the molecule is N#Cc1cncc(C2C3CC4CC(C3)CC2C4)c1. The van der Waals surface area contributed by atoms with Gasteiger partial charge in [-0.3, -0.25) is 4.98 Å². The quantitative estimate of drug-likeness (QED) is 0.751. The largest absolute Gasteiger partial charge is 0.263 e. The normalized spacial score (nSPS) is 40.7. The van der Waals surface area contributed by atoms with E-state index in [2.05, 4.69) is 17.1 Å². The molecule has 0 radical (unpaired) electrons. The van der Waals surface area contributed by atoms with Crippen LogP contribution in [0.1, 0.15) is 49.1 Å². The molecule has 0 aromatic carbocycles. The van der Waals surface area contributed by atoms with E-state index >= 15 is 0 Å². The van der Waals surface area contributed by atoms with Crippen LogP contribution < -0.4 is 0 Å². The molecule has 2 heteroatoms. The second-order valence-corrected chi connectivity index (χ2v) is 6.58. The zero-order valence-corrected chi connectivity index (χ0v) is 10.5. The van der Waals surface area contributed by atoms with Crippen LogP contribution in [0, 0.1) is 35.0 Å². The van der Waals surface area contributed by atoms with Gasteiger partial charge in [-0.05, 0) is 73.3 Å². The monoisotopic (exact) mass is 238 g/mol. The number of pyridine rings is 1. The van der Waals surface area contributed by atoms with Gasteiger partial charge < -0.3 is 0 Å². The molecule has 18 heavy (non-hydrogen) atoms. The minimum atomic E-state index is 0.693. The molecule has 92 valence electrons. The van der Waals surface area contributed by atoms with E-state index in [1.54, 1.807) is 6.20 Å². The maximum atomic E-state index is 9.02. The third-order valence-electron chi connectivity index (χ3n) is 5.50. The van der Waals surface area contributed by atoms with Crippen molar-refractivity contribution in [2.45, 2.75) is 38.0 Å². The van der Waals surface area contributed by atoms with Crippen LogP contribution in [0.2, 0.25) is 0 Å². The lowest BCUT2D eigenvalue weighted by atomic mass is 9.51. The molecule has 5 rings (SSSR count). The van der Waals surface area contributed by atoms with Crippen molar-refractivity contribution >= 4 is 0 Å². The molecule has 0 saturated heterocycles. The fraction of sp³-hybridized carbons (Fsp3) is 0.625. The second kappa shape index (κ2) is 3.82. The molecule has 1 heterocycles. The molecule has 4 fully saturated rings. The van der Waals surface area contributed by atoms with E-state index in [9.17, 15) is 0 Å². The van der Waals surface area contributed by atoms with Gasteiger partial charge in [0.2, 0.25) is 0 Å². The first-order valence-electron chi connectivity index (χ1n) is 7.18. The van der Waals surface area contributed by atoms with E-state index in [1.165, 1.54) is 37.7 Å². The summed E-state index contributed by atoms with van der Waals surface area (Å²) >= 11 is 0. The van der Waals surface area contributed by atoms with E-state index in [4.69, 9.17) is 5.26 Å². The number of hydrogen-bond donors (Lipinski definition) is 0. The highest BCUT2D eigenvalue weighted by Crippen LogP contribution is 2.59. The molecule has 4 aliphatic rings. The van der Waals surface area contributed by atoms with Gasteiger partial charge in [-0.15, -0.1) is 0 Å². The highest BCUT2D eigenvalue weighted by Gasteiger charge is 2.48. The molecule has 4 bridgehead atoms. The summed E-state index contributed by atoms with van der Waals surface area (Å²) in [7, 11) is 0. The highest BCUT2D eigenvalue weighted by molar-refractivity contribution is 5.32. The van der Waals surface area contributed by atoms with E-state index in [0.29, 0.717) is 5.92 Å². The highest BCUT2D eigenvalue weighted by atomic mass is 14.6. The van der Waals surface area contributed by atoms with Crippen LogP contribution in [0.4, 0.5) is 0 Å². The first-order chi connectivity index (χ1) is 8.83. The topological polar surface area (TPSA) is 36.7 Å². The lowest BCUT2D eigenvalue weighted by Gasteiger charge is -2.54. The summed E-state index contributed by atoms with van der Waals surface area (Å²) < 4.78 is 0. The minimum Gasteiger partial charge on any atom is -0.263 e. The molecule has 0 aliphatic heterocycles. The first-order valence-corrected chi connectivity index (χ1v) is 7.18. The average Bonchev–Trinajstić information content (AvgIpc) is 2.38. The molecule has 1 aromatic rings. The summed E-state index contributed by atoms with van der Waals surface area (Å²) in [5, 5.41) is 9.02. The van der Waals surface area contributed by atoms with Crippen molar-refractivity contribution in [3.05, 3.63) is 29.6 Å². The second-order valence-electron chi connectivity index (χ2n) is 6.58. The molecule has 0 N–H and O–H groups in total. The van der Waals surface area contributed by atoms with Gasteiger partial charge in [0.25, 0.3) is 0 Å². The Bertz CT molecular complexity index is 486. The van der Waals surface area contributed by atoms with Crippen molar-refractivity contribution < 1.29 is 0 Å². The van der Waals surface area contributed by atoms with E-state index < -0.39 is 0 Å². The van der Waals surface area contributed by atoms with Gasteiger partial charge in [-0.1, -0.05) is 0 Å². The molecule has 0 atom stereocenters. The van der Waals surface area contributed by atoms with Crippen molar-refractivity contribution in [2.75, 3.05) is 0 Å². The lowest BCUT2D eigenvalue weighted by Crippen LogP contribution is -2.43. The van der Waals surface area contributed by atoms with Crippen molar-refractivity contribution in [1.29, 1.82) is 5.26 Å². The van der Waals surface area contributed by atoms with E-state index in [0.717, 1.165) is 29.2 Å². The Labute approximate surface area is 108 Å². The summed E-state index contributed by atoms with van der Waals surface area (Å²) in [4.78, 5) is 4.27. The fourth-order valence-corrected chi connectivity index (χ4v) is 5.17. The average molecular weight is 238 g/mol. The van der Waals surface area contributed by atoms with Gasteiger partial charge in [0.05, 0.1) is 5.56 Å². The summed E-state index contributed by atoms with van der Waals surface area (Å²) in [5.74, 6) is 4.46. The molecular formula is C16H18N2. The third-order valence-corrected chi connectivity index (χ3v) is 5.50. The lowest BCUT2D eigenvalue weighted by molar-refractivity contribution is -0.00289. The number of aromatic nitrogens is 1. The van der Waals surface area contributed by atoms with Crippen molar-refractivity contribution in [2.24, 2.45) is 23.7 Å². The van der Waals surface area contributed by atoms with Crippen LogP contribution in [0.5, 0.6) is 0 Å². The predicted octanol–water partition coefficient (Wildman–Crippen LogP) is 3.49. The molecule has 2 nitrogen and oxygen atoms in total. The first kappa shape index (κ1) is 10.6. The van der Waals surface area contributed by atoms with Gasteiger partial charge in [-0.25, -0.2) is 0 Å². The van der Waals surface area contributed by atoms with Crippen LogP contribution in [0.3, 0.4) is 0 Å². The molecule has 4 saturated carbocycles. The molecule has 0 unspecified atom stereocenters. The van der Waals surface area contributed by atoms with Gasteiger partial charge in [-0.2, -0.15) is 5.26 Å². The maximum absolute atomic E-state index is 9.02. The van der Waals surface area contributed by atoms with Crippen molar-refractivity contribution in [3.8, 4) is 6.07 Å². The summed E-state index contributed by atoms with van der Waals surface area (Å²) in [6.07, 6.45) is 10.9. The fourth-order valence-electron chi connectivity index (χ4n) is 5.17. The zero-order chi connectivity index (χ0) is 12.1. The van der Waals surface area contributed by atoms with Gasteiger partial charge in [0.15, 0.2) is 0 Å².